The highest BCUT2D eigenvalue weighted by atomic mass is 16.5. The summed E-state index contributed by atoms with van der Waals surface area (Å²) >= 11 is 0. The number of hydrogen-bond donors (Lipinski definition) is 1. The molecule has 1 aromatic rings. The number of aryl methyl sites for hydroxylation is 1. The molecule has 0 spiro atoms. The van der Waals surface area contributed by atoms with Crippen molar-refractivity contribution in [1.82, 2.24) is 5.32 Å². The van der Waals surface area contributed by atoms with Gasteiger partial charge in [-0.2, -0.15) is 0 Å². The molecule has 0 amide bonds. The fraction of sp³-hybridized carbons (Fsp3) is 0.667. The maximum Gasteiger partial charge on any atom is 0.126 e. The van der Waals surface area contributed by atoms with Crippen molar-refractivity contribution in [3.63, 3.8) is 0 Å². The van der Waals surface area contributed by atoms with Crippen LogP contribution in [0.15, 0.2) is 12.1 Å². The van der Waals surface area contributed by atoms with Crippen molar-refractivity contribution in [2.24, 2.45) is 5.92 Å². The third-order valence-electron chi connectivity index (χ3n) is 4.12. The van der Waals surface area contributed by atoms with Gasteiger partial charge in [0.05, 0.1) is 19.3 Å². The monoisotopic (exact) mass is 293 g/mol. The van der Waals surface area contributed by atoms with E-state index in [2.05, 4.69) is 52.1 Å². The molecule has 0 radical (unpaired) electrons. The van der Waals surface area contributed by atoms with Gasteiger partial charge in [0.1, 0.15) is 5.75 Å². The standard InChI is InChI=1S/C18H31NO2/c1-8-11-19-16(17(20-6)12(2)3)15-10-9-13(4)14(5)18(15)21-7/h9-10,12,16-17,19H,8,11H2,1-7H3. The summed E-state index contributed by atoms with van der Waals surface area (Å²) in [6.07, 6.45) is 1.21. The lowest BCUT2D eigenvalue weighted by molar-refractivity contribution is 0.0320. The van der Waals surface area contributed by atoms with E-state index in [4.69, 9.17) is 9.47 Å². The molecule has 21 heavy (non-hydrogen) atoms. The molecule has 1 N–H and O–H groups in total. The van der Waals surface area contributed by atoms with Crippen LogP contribution in [0, 0.1) is 19.8 Å². The second kappa shape index (κ2) is 8.40. The molecule has 2 unspecified atom stereocenters. The number of benzene rings is 1. The lowest BCUT2D eigenvalue weighted by Crippen LogP contribution is -2.37. The second-order valence-electron chi connectivity index (χ2n) is 6.01. The van der Waals surface area contributed by atoms with Gasteiger partial charge in [-0.3, -0.25) is 0 Å². The van der Waals surface area contributed by atoms with E-state index in [1.807, 2.05) is 0 Å². The number of ether oxygens (including phenoxy) is 2. The molecule has 0 fully saturated rings. The minimum Gasteiger partial charge on any atom is -0.496 e. The highest BCUT2D eigenvalue weighted by Gasteiger charge is 2.28. The Balaban J connectivity index is 3.28. The first-order valence-electron chi connectivity index (χ1n) is 7.88. The zero-order chi connectivity index (χ0) is 16.0. The van der Waals surface area contributed by atoms with Gasteiger partial charge in [-0.25, -0.2) is 0 Å². The van der Waals surface area contributed by atoms with Crippen molar-refractivity contribution < 1.29 is 9.47 Å². The van der Waals surface area contributed by atoms with E-state index in [-0.39, 0.29) is 12.1 Å². The maximum atomic E-state index is 5.78. The molecule has 2 atom stereocenters. The lowest BCUT2D eigenvalue weighted by atomic mass is 9.90. The van der Waals surface area contributed by atoms with Gasteiger partial charge in [0, 0.05) is 12.7 Å². The Morgan fingerprint density at radius 3 is 2.29 bits per heavy atom. The third kappa shape index (κ3) is 4.21. The van der Waals surface area contributed by atoms with E-state index in [1.54, 1.807) is 14.2 Å². The van der Waals surface area contributed by atoms with E-state index in [1.165, 1.54) is 16.7 Å². The van der Waals surface area contributed by atoms with Crippen molar-refractivity contribution in [3.8, 4) is 5.75 Å². The average Bonchev–Trinajstić information content (AvgIpc) is 2.46. The molecule has 0 aliphatic heterocycles. The Kier molecular flexibility index (Phi) is 7.20. The predicted octanol–water partition coefficient (Wildman–Crippen LogP) is 4.02. The summed E-state index contributed by atoms with van der Waals surface area (Å²) in [7, 11) is 3.54. The van der Waals surface area contributed by atoms with Gasteiger partial charge in [0.15, 0.2) is 0 Å². The van der Waals surface area contributed by atoms with Crippen molar-refractivity contribution in [1.29, 1.82) is 0 Å². The molecular weight excluding hydrogens is 262 g/mol. The first-order valence-corrected chi connectivity index (χ1v) is 7.88. The topological polar surface area (TPSA) is 30.5 Å². The molecule has 3 nitrogen and oxygen atoms in total. The Bertz CT molecular complexity index is 443. The normalized spacial score (nSPS) is 14.3. The van der Waals surface area contributed by atoms with E-state index in [9.17, 15) is 0 Å². The second-order valence-corrected chi connectivity index (χ2v) is 6.01. The average molecular weight is 293 g/mol. The predicted molar refractivity (Wildman–Crippen MR) is 89.1 cm³/mol. The quantitative estimate of drug-likeness (QED) is 0.785. The van der Waals surface area contributed by atoms with Gasteiger partial charge in [0.25, 0.3) is 0 Å². The molecule has 0 aliphatic rings. The van der Waals surface area contributed by atoms with Crippen LogP contribution in [-0.2, 0) is 4.74 Å². The van der Waals surface area contributed by atoms with Crippen LogP contribution in [0.1, 0.15) is 49.9 Å². The summed E-state index contributed by atoms with van der Waals surface area (Å²) in [6.45, 7) is 11.8. The Labute approximate surface area is 130 Å². The summed E-state index contributed by atoms with van der Waals surface area (Å²) in [5, 5.41) is 3.63. The molecule has 0 saturated carbocycles. The van der Waals surface area contributed by atoms with Gasteiger partial charge < -0.3 is 14.8 Å². The van der Waals surface area contributed by atoms with Gasteiger partial charge in [-0.1, -0.05) is 32.9 Å². The minimum atomic E-state index is 0.118. The Morgan fingerprint density at radius 2 is 1.81 bits per heavy atom. The highest BCUT2D eigenvalue weighted by molar-refractivity contribution is 5.47. The molecule has 1 rings (SSSR count). The van der Waals surface area contributed by atoms with Crippen LogP contribution in [0.5, 0.6) is 5.75 Å². The van der Waals surface area contributed by atoms with Crippen LogP contribution in [0.2, 0.25) is 0 Å². The van der Waals surface area contributed by atoms with Crippen LogP contribution in [0.25, 0.3) is 0 Å². The van der Waals surface area contributed by atoms with Gasteiger partial charge in [0.2, 0.25) is 0 Å². The summed E-state index contributed by atoms with van der Waals surface area (Å²) < 4.78 is 11.5. The summed E-state index contributed by atoms with van der Waals surface area (Å²) in [6, 6.07) is 4.48. The van der Waals surface area contributed by atoms with E-state index < -0.39 is 0 Å². The largest absolute Gasteiger partial charge is 0.496 e. The number of methoxy groups -OCH3 is 2. The van der Waals surface area contributed by atoms with Crippen molar-refractivity contribution in [2.45, 2.75) is 53.2 Å². The smallest absolute Gasteiger partial charge is 0.126 e. The van der Waals surface area contributed by atoms with Gasteiger partial charge in [-0.05, 0) is 43.9 Å². The zero-order valence-electron chi connectivity index (χ0n) is 14.6. The van der Waals surface area contributed by atoms with Crippen LogP contribution in [0.4, 0.5) is 0 Å². The Hall–Kier alpha value is -1.06. The summed E-state index contributed by atoms with van der Waals surface area (Å²) in [4.78, 5) is 0. The number of hydrogen-bond acceptors (Lipinski definition) is 3. The van der Waals surface area contributed by atoms with Gasteiger partial charge >= 0.3 is 0 Å². The number of nitrogens with one attached hydrogen (secondary N) is 1. The molecule has 3 heteroatoms. The molecule has 120 valence electrons. The number of rotatable bonds is 8. The van der Waals surface area contributed by atoms with Crippen molar-refractivity contribution in [3.05, 3.63) is 28.8 Å². The molecule has 1 aromatic carbocycles. The Morgan fingerprint density at radius 1 is 1.14 bits per heavy atom. The first-order chi connectivity index (χ1) is 9.97. The first kappa shape index (κ1) is 18.0. The van der Waals surface area contributed by atoms with Crippen LogP contribution in [0.3, 0.4) is 0 Å². The molecule has 0 aromatic heterocycles. The van der Waals surface area contributed by atoms with Crippen molar-refractivity contribution >= 4 is 0 Å². The van der Waals surface area contributed by atoms with Crippen LogP contribution >= 0.6 is 0 Å². The van der Waals surface area contributed by atoms with Gasteiger partial charge in [-0.15, -0.1) is 0 Å². The van der Waals surface area contributed by atoms with Crippen molar-refractivity contribution in [2.75, 3.05) is 20.8 Å². The maximum absolute atomic E-state index is 5.78. The molecule has 0 bridgehead atoms. The SMILES string of the molecule is CCCNC(c1ccc(C)c(C)c1OC)C(OC)C(C)C. The van der Waals surface area contributed by atoms with E-state index in [0.29, 0.717) is 5.92 Å². The minimum absolute atomic E-state index is 0.118. The fourth-order valence-corrected chi connectivity index (χ4v) is 2.82. The van der Waals surface area contributed by atoms with Crippen LogP contribution < -0.4 is 10.1 Å². The molecular formula is C18H31NO2. The summed E-state index contributed by atoms with van der Waals surface area (Å²) in [5.41, 5.74) is 3.65. The molecule has 0 saturated heterocycles. The summed E-state index contributed by atoms with van der Waals surface area (Å²) in [5.74, 6) is 1.40. The van der Waals surface area contributed by atoms with E-state index in [0.717, 1.165) is 18.7 Å². The third-order valence-corrected chi connectivity index (χ3v) is 4.12. The molecule has 0 heterocycles. The fourth-order valence-electron chi connectivity index (χ4n) is 2.82. The lowest BCUT2D eigenvalue weighted by Gasteiger charge is -2.32. The zero-order valence-corrected chi connectivity index (χ0v) is 14.6. The van der Waals surface area contributed by atoms with E-state index >= 15 is 0 Å². The molecule has 0 aliphatic carbocycles. The van der Waals surface area contributed by atoms with Crippen LogP contribution in [-0.4, -0.2) is 26.9 Å². The highest BCUT2D eigenvalue weighted by Crippen LogP contribution is 2.35.